The first-order chi connectivity index (χ1) is 9.72. The molecule has 3 N–H and O–H groups in total. The van der Waals surface area contributed by atoms with Gasteiger partial charge in [0.1, 0.15) is 0 Å². The predicted molar refractivity (Wildman–Crippen MR) is 95.0 cm³/mol. The van der Waals surface area contributed by atoms with Crippen molar-refractivity contribution < 1.29 is 8.42 Å². The van der Waals surface area contributed by atoms with E-state index in [-0.39, 0.29) is 4.90 Å². The Bertz CT molecular complexity index is 784. The first kappa shape index (κ1) is 16.1. The van der Waals surface area contributed by atoms with Crippen LogP contribution in [0.1, 0.15) is 16.7 Å². The molecule has 0 aromatic heterocycles. The first-order valence-electron chi connectivity index (χ1n) is 6.37. The van der Waals surface area contributed by atoms with Crippen molar-refractivity contribution in [1.29, 1.82) is 0 Å². The summed E-state index contributed by atoms with van der Waals surface area (Å²) in [7, 11) is -3.66. The molecule has 2 aromatic carbocycles. The predicted octanol–water partition coefficient (Wildman–Crippen LogP) is 3.60. The van der Waals surface area contributed by atoms with Gasteiger partial charge in [0.25, 0.3) is 10.0 Å². The monoisotopic (exact) mass is 416 g/mol. The van der Waals surface area contributed by atoms with E-state index in [2.05, 4.69) is 27.3 Å². The minimum absolute atomic E-state index is 0.254. The summed E-state index contributed by atoms with van der Waals surface area (Å²) in [6.45, 7) is 5.39. The molecule has 0 aliphatic rings. The van der Waals surface area contributed by atoms with E-state index in [1.54, 1.807) is 32.0 Å². The third kappa shape index (κ3) is 3.32. The van der Waals surface area contributed by atoms with Crippen molar-refractivity contribution in [2.75, 3.05) is 10.5 Å². The lowest BCUT2D eigenvalue weighted by Gasteiger charge is -2.16. The zero-order valence-corrected chi connectivity index (χ0v) is 15.0. The molecule has 112 valence electrons. The van der Waals surface area contributed by atoms with Crippen LogP contribution in [-0.2, 0) is 10.0 Å². The van der Waals surface area contributed by atoms with Crippen LogP contribution in [0.4, 0.5) is 11.4 Å². The molecular weight excluding hydrogens is 399 g/mol. The van der Waals surface area contributed by atoms with Gasteiger partial charge in [-0.3, -0.25) is 4.72 Å². The van der Waals surface area contributed by atoms with Crippen molar-refractivity contribution >= 4 is 44.0 Å². The minimum Gasteiger partial charge on any atom is -0.398 e. The second kappa shape index (κ2) is 5.84. The molecule has 21 heavy (non-hydrogen) atoms. The topological polar surface area (TPSA) is 72.2 Å². The summed E-state index contributed by atoms with van der Waals surface area (Å²) < 4.78 is 28.9. The SMILES string of the molecule is Cc1cc(C)c(S(=O)(=O)Nc2ccc(I)cc2)c(C)c1N. The Morgan fingerprint density at radius 3 is 2.19 bits per heavy atom. The number of hydrogen-bond donors (Lipinski definition) is 2. The van der Waals surface area contributed by atoms with Crippen LogP contribution in [0.3, 0.4) is 0 Å². The van der Waals surface area contributed by atoms with Gasteiger partial charge in [-0.2, -0.15) is 0 Å². The summed E-state index contributed by atoms with van der Waals surface area (Å²) in [5.41, 5.74) is 9.19. The van der Waals surface area contributed by atoms with Gasteiger partial charge in [-0.15, -0.1) is 0 Å². The van der Waals surface area contributed by atoms with E-state index in [0.29, 0.717) is 22.5 Å². The third-order valence-electron chi connectivity index (χ3n) is 3.33. The van der Waals surface area contributed by atoms with Gasteiger partial charge < -0.3 is 5.73 Å². The fourth-order valence-corrected chi connectivity index (χ4v) is 4.22. The standard InChI is InChI=1S/C15H17IN2O2S/c1-9-8-10(2)15(11(3)14(9)17)21(19,20)18-13-6-4-12(16)5-7-13/h4-8,18H,17H2,1-3H3. The maximum Gasteiger partial charge on any atom is 0.262 e. The van der Waals surface area contributed by atoms with Crippen molar-refractivity contribution in [3.63, 3.8) is 0 Å². The van der Waals surface area contributed by atoms with Crippen LogP contribution in [0.5, 0.6) is 0 Å². The van der Waals surface area contributed by atoms with Crippen LogP contribution in [0.15, 0.2) is 35.2 Å². The van der Waals surface area contributed by atoms with E-state index in [0.717, 1.165) is 9.13 Å². The Morgan fingerprint density at radius 2 is 1.62 bits per heavy atom. The molecule has 0 amide bonds. The van der Waals surface area contributed by atoms with Crippen LogP contribution in [-0.4, -0.2) is 8.42 Å². The zero-order chi connectivity index (χ0) is 15.8. The van der Waals surface area contributed by atoms with Crippen molar-refractivity contribution in [1.82, 2.24) is 0 Å². The van der Waals surface area contributed by atoms with Crippen LogP contribution in [0, 0.1) is 24.3 Å². The second-order valence-corrected chi connectivity index (χ2v) is 7.86. The summed E-state index contributed by atoms with van der Waals surface area (Å²) in [5, 5.41) is 0. The molecule has 2 rings (SSSR count). The normalized spacial score (nSPS) is 11.4. The number of nitrogens with two attached hydrogens (primary N) is 1. The Hall–Kier alpha value is -1.28. The average Bonchev–Trinajstić information content (AvgIpc) is 2.38. The Balaban J connectivity index is 2.50. The van der Waals surface area contributed by atoms with Crippen molar-refractivity contribution in [3.05, 3.63) is 50.6 Å². The lowest BCUT2D eigenvalue weighted by Crippen LogP contribution is -2.17. The number of halogens is 1. The smallest absolute Gasteiger partial charge is 0.262 e. The number of benzene rings is 2. The van der Waals surface area contributed by atoms with Gasteiger partial charge in [0, 0.05) is 14.9 Å². The Labute approximate surface area is 138 Å². The lowest BCUT2D eigenvalue weighted by molar-refractivity contribution is 0.600. The molecule has 0 fully saturated rings. The average molecular weight is 416 g/mol. The van der Waals surface area contributed by atoms with E-state index in [1.165, 1.54) is 0 Å². The largest absolute Gasteiger partial charge is 0.398 e. The molecule has 0 bridgehead atoms. The molecule has 0 atom stereocenters. The Morgan fingerprint density at radius 1 is 1.05 bits per heavy atom. The Kier molecular flexibility index (Phi) is 4.48. The summed E-state index contributed by atoms with van der Waals surface area (Å²) in [4.78, 5) is 0.254. The first-order valence-corrected chi connectivity index (χ1v) is 8.93. The van der Waals surface area contributed by atoms with Crippen molar-refractivity contribution in [2.24, 2.45) is 0 Å². The van der Waals surface area contributed by atoms with Crippen LogP contribution >= 0.6 is 22.6 Å². The summed E-state index contributed by atoms with van der Waals surface area (Å²) in [5.74, 6) is 0. The number of hydrogen-bond acceptors (Lipinski definition) is 3. The molecule has 6 heteroatoms. The van der Waals surface area contributed by atoms with E-state index >= 15 is 0 Å². The van der Waals surface area contributed by atoms with Gasteiger partial charge in [0.05, 0.1) is 4.90 Å². The van der Waals surface area contributed by atoms with Gasteiger partial charge in [0.2, 0.25) is 0 Å². The molecule has 2 aromatic rings. The fraction of sp³-hybridized carbons (Fsp3) is 0.200. The van der Waals surface area contributed by atoms with E-state index in [4.69, 9.17) is 5.73 Å². The third-order valence-corrected chi connectivity index (χ3v) is 5.71. The van der Waals surface area contributed by atoms with Crippen LogP contribution < -0.4 is 10.5 Å². The fourth-order valence-electron chi connectivity index (χ4n) is 2.32. The highest BCUT2D eigenvalue weighted by molar-refractivity contribution is 14.1. The van der Waals surface area contributed by atoms with Gasteiger partial charge in [0.15, 0.2) is 0 Å². The quantitative estimate of drug-likeness (QED) is 0.593. The maximum atomic E-state index is 12.6. The lowest BCUT2D eigenvalue weighted by atomic mass is 10.1. The van der Waals surface area contributed by atoms with Crippen LogP contribution in [0.2, 0.25) is 0 Å². The van der Waals surface area contributed by atoms with Crippen molar-refractivity contribution in [3.8, 4) is 0 Å². The minimum atomic E-state index is -3.66. The molecule has 0 saturated carbocycles. The highest BCUT2D eigenvalue weighted by atomic mass is 127. The number of aryl methyl sites for hydroxylation is 2. The molecule has 0 aliphatic carbocycles. The second-order valence-electron chi connectivity index (χ2n) is 4.99. The number of anilines is 2. The molecule has 4 nitrogen and oxygen atoms in total. The van der Waals surface area contributed by atoms with Gasteiger partial charge in [-0.1, -0.05) is 6.07 Å². The van der Waals surface area contributed by atoms with E-state index in [1.807, 2.05) is 19.1 Å². The molecule has 0 saturated heterocycles. The summed E-state index contributed by atoms with van der Waals surface area (Å²) in [6, 6.07) is 8.97. The highest BCUT2D eigenvalue weighted by Gasteiger charge is 2.22. The van der Waals surface area contributed by atoms with E-state index in [9.17, 15) is 8.42 Å². The molecule has 0 aliphatic heterocycles. The number of nitrogen functional groups attached to an aromatic ring is 1. The van der Waals surface area contributed by atoms with Crippen molar-refractivity contribution in [2.45, 2.75) is 25.7 Å². The molecule has 0 spiro atoms. The van der Waals surface area contributed by atoms with E-state index < -0.39 is 10.0 Å². The number of nitrogens with one attached hydrogen (secondary N) is 1. The van der Waals surface area contributed by atoms with Gasteiger partial charge in [-0.05, 0) is 84.3 Å². The molecular formula is C15H17IN2O2S. The summed E-state index contributed by atoms with van der Waals surface area (Å²) in [6.07, 6.45) is 0. The maximum absolute atomic E-state index is 12.6. The zero-order valence-electron chi connectivity index (χ0n) is 12.1. The van der Waals surface area contributed by atoms with Crippen LogP contribution in [0.25, 0.3) is 0 Å². The number of rotatable bonds is 3. The summed E-state index contributed by atoms with van der Waals surface area (Å²) >= 11 is 2.17. The van der Waals surface area contributed by atoms with Gasteiger partial charge >= 0.3 is 0 Å². The van der Waals surface area contributed by atoms with Gasteiger partial charge in [-0.25, -0.2) is 8.42 Å². The number of sulfonamides is 1. The highest BCUT2D eigenvalue weighted by Crippen LogP contribution is 2.29. The molecule has 0 unspecified atom stereocenters. The molecule has 0 radical (unpaired) electrons. The molecule has 0 heterocycles.